The van der Waals surface area contributed by atoms with Gasteiger partial charge in [0.25, 0.3) is 0 Å². The van der Waals surface area contributed by atoms with Crippen LogP contribution in [0, 0.1) is 12.8 Å². The van der Waals surface area contributed by atoms with Crippen LogP contribution in [0.2, 0.25) is 0 Å². The molecule has 0 spiro atoms. The highest BCUT2D eigenvalue weighted by molar-refractivity contribution is 5.98. The SMILES string of the molecule is Cc1coc2nc(-c3cc(C(C)(C)C)c4ccccc4c3)cc(-c3ccc(CC(C)C)cc3)c12. The Balaban J connectivity index is 1.71. The summed E-state index contributed by atoms with van der Waals surface area (Å²) in [5.41, 5.74) is 8.98. The highest BCUT2D eigenvalue weighted by atomic mass is 16.3. The average Bonchev–Trinajstić information content (AvgIpc) is 3.18. The maximum atomic E-state index is 5.92. The van der Waals surface area contributed by atoms with Gasteiger partial charge in [0.15, 0.2) is 0 Å². The molecule has 0 amide bonds. The Hall–Kier alpha value is -3.39. The maximum Gasteiger partial charge on any atom is 0.227 e. The molecule has 0 aliphatic heterocycles. The zero-order valence-corrected chi connectivity index (χ0v) is 21.1. The number of hydrogen-bond acceptors (Lipinski definition) is 2. The van der Waals surface area contributed by atoms with Gasteiger partial charge in [0.2, 0.25) is 5.71 Å². The summed E-state index contributed by atoms with van der Waals surface area (Å²) in [4.78, 5) is 4.97. The molecule has 0 saturated heterocycles. The van der Waals surface area contributed by atoms with Gasteiger partial charge in [0.05, 0.1) is 17.3 Å². The summed E-state index contributed by atoms with van der Waals surface area (Å²) >= 11 is 0. The van der Waals surface area contributed by atoms with E-state index < -0.39 is 0 Å². The van der Waals surface area contributed by atoms with E-state index in [1.54, 1.807) is 0 Å². The summed E-state index contributed by atoms with van der Waals surface area (Å²) in [5, 5.41) is 3.63. The van der Waals surface area contributed by atoms with Crippen molar-refractivity contribution in [2.45, 2.75) is 53.4 Å². The molecule has 5 aromatic rings. The molecular weight excluding hydrogens is 414 g/mol. The van der Waals surface area contributed by atoms with Crippen LogP contribution in [0.4, 0.5) is 0 Å². The van der Waals surface area contributed by atoms with Crippen molar-refractivity contribution in [1.29, 1.82) is 0 Å². The van der Waals surface area contributed by atoms with Crippen LogP contribution in [-0.4, -0.2) is 4.98 Å². The fourth-order valence-corrected chi connectivity index (χ4v) is 4.94. The summed E-state index contributed by atoms with van der Waals surface area (Å²) in [7, 11) is 0. The first-order valence-electron chi connectivity index (χ1n) is 12.2. The van der Waals surface area contributed by atoms with Gasteiger partial charge >= 0.3 is 0 Å². The summed E-state index contributed by atoms with van der Waals surface area (Å²) in [6.45, 7) is 13.4. The lowest BCUT2D eigenvalue weighted by Gasteiger charge is -2.23. The fraction of sp³-hybridized carbons (Fsp3) is 0.281. The third-order valence-electron chi connectivity index (χ3n) is 6.60. The van der Waals surface area contributed by atoms with Gasteiger partial charge in [-0.2, -0.15) is 0 Å². The predicted octanol–water partition coefficient (Wildman–Crippen LogP) is 9.12. The molecule has 0 atom stereocenters. The highest BCUT2D eigenvalue weighted by Crippen LogP contribution is 2.38. The molecule has 0 aliphatic rings. The van der Waals surface area contributed by atoms with E-state index in [-0.39, 0.29) is 5.41 Å². The molecule has 0 radical (unpaired) electrons. The van der Waals surface area contributed by atoms with Crippen molar-refractivity contribution in [2.75, 3.05) is 0 Å². The molecule has 0 N–H and O–H groups in total. The number of pyridine rings is 1. The molecular formula is C32H33NO. The zero-order valence-electron chi connectivity index (χ0n) is 21.1. The lowest BCUT2D eigenvalue weighted by molar-refractivity contribution is 0.596. The second-order valence-electron chi connectivity index (χ2n) is 10.9. The van der Waals surface area contributed by atoms with Crippen molar-refractivity contribution in [1.82, 2.24) is 4.98 Å². The summed E-state index contributed by atoms with van der Waals surface area (Å²) in [6, 6.07) is 24.4. The first kappa shape index (κ1) is 22.4. The Morgan fingerprint density at radius 1 is 0.882 bits per heavy atom. The van der Waals surface area contributed by atoms with E-state index in [1.807, 2.05) is 6.26 Å². The molecule has 2 aromatic heterocycles. The third-order valence-corrected chi connectivity index (χ3v) is 6.60. The fourth-order valence-electron chi connectivity index (χ4n) is 4.94. The van der Waals surface area contributed by atoms with Crippen LogP contribution in [-0.2, 0) is 11.8 Å². The van der Waals surface area contributed by atoms with Gasteiger partial charge < -0.3 is 4.42 Å². The van der Waals surface area contributed by atoms with Crippen molar-refractivity contribution in [3.63, 3.8) is 0 Å². The van der Waals surface area contributed by atoms with E-state index in [4.69, 9.17) is 9.40 Å². The first-order chi connectivity index (χ1) is 16.2. The number of benzene rings is 3. The number of rotatable bonds is 4. The zero-order chi connectivity index (χ0) is 24.0. The molecule has 0 unspecified atom stereocenters. The van der Waals surface area contributed by atoms with Crippen LogP contribution in [0.5, 0.6) is 0 Å². The van der Waals surface area contributed by atoms with Crippen molar-refractivity contribution in [2.24, 2.45) is 5.92 Å². The first-order valence-corrected chi connectivity index (χ1v) is 12.2. The average molecular weight is 448 g/mol. The lowest BCUT2D eigenvalue weighted by atomic mass is 9.82. The number of furan rings is 1. The predicted molar refractivity (Wildman–Crippen MR) is 144 cm³/mol. The van der Waals surface area contributed by atoms with Crippen molar-refractivity contribution in [3.05, 3.63) is 89.7 Å². The van der Waals surface area contributed by atoms with E-state index >= 15 is 0 Å². The minimum Gasteiger partial charge on any atom is -0.446 e. The van der Waals surface area contributed by atoms with Crippen LogP contribution in [0.15, 0.2) is 77.4 Å². The van der Waals surface area contributed by atoms with Gasteiger partial charge in [0, 0.05) is 5.56 Å². The largest absolute Gasteiger partial charge is 0.446 e. The van der Waals surface area contributed by atoms with E-state index in [1.165, 1.54) is 33.0 Å². The molecule has 34 heavy (non-hydrogen) atoms. The topological polar surface area (TPSA) is 26.0 Å². The van der Waals surface area contributed by atoms with E-state index in [0.717, 1.165) is 28.6 Å². The van der Waals surface area contributed by atoms with Crippen molar-refractivity contribution in [3.8, 4) is 22.4 Å². The van der Waals surface area contributed by atoms with Crippen LogP contribution < -0.4 is 0 Å². The van der Waals surface area contributed by atoms with E-state index in [2.05, 4.69) is 108 Å². The third kappa shape index (κ3) is 4.14. The van der Waals surface area contributed by atoms with Crippen LogP contribution in [0.25, 0.3) is 44.3 Å². The van der Waals surface area contributed by atoms with E-state index in [0.29, 0.717) is 11.6 Å². The molecule has 2 nitrogen and oxygen atoms in total. The van der Waals surface area contributed by atoms with Gasteiger partial charge in [-0.05, 0) is 81.5 Å². The molecule has 3 aromatic carbocycles. The summed E-state index contributed by atoms with van der Waals surface area (Å²) in [5.74, 6) is 0.645. The standard InChI is InChI=1S/C32H33NO/c1-20(2)15-22-11-13-23(14-12-22)27-18-29(33-31-30(27)21(3)19-34-31)25-16-24-9-7-8-10-26(24)28(17-25)32(4,5)6/h7-14,16-20H,15H2,1-6H3. The molecule has 0 fully saturated rings. The molecule has 0 saturated carbocycles. The quantitative estimate of drug-likeness (QED) is 0.274. The second kappa shape index (κ2) is 8.43. The second-order valence-corrected chi connectivity index (χ2v) is 10.9. The number of hydrogen-bond donors (Lipinski definition) is 0. The Morgan fingerprint density at radius 3 is 2.32 bits per heavy atom. The normalized spacial score (nSPS) is 12.2. The number of aryl methyl sites for hydroxylation is 1. The highest BCUT2D eigenvalue weighted by Gasteiger charge is 2.20. The van der Waals surface area contributed by atoms with Crippen molar-refractivity contribution >= 4 is 21.9 Å². The molecule has 0 bridgehead atoms. The smallest absolute Gasteiger partial charge is 0.227 e. The molecule has 2 heteroatoms. The number of fused-ring (bicyclic) bond motifs is 2. The minimum absolute atomic E-state index is 0.0239. The Kier molecular flexibility index (Phi) is 5.56. The monoisotopic (exact) mass is 447 g/mol. The molecule has 5 rings (SSSR count). The van der Waals surface area contributed by atoms with Crippen LogP contribution in [0.1, 0.15) is 51.3 Å². The maximum absolute atomic E-state index is 5.92. The van der Waals surface area contributed by atoms with Crippen LogP contribution >= 0.6 is 0 Å². The molecule has 2 heterocycles. The van der Waals surface area contributed by atoms with Gasteiger partial charge in [-0.3, -0.25) is 0 Å². The van der Waals surface area contributed by atoms with Gasteiger partial charge in [-0.25, -0.2) is 4.98 Å². The molecule has 0 aliphatic carbocycles. The Labute approximate surface area is 202 Å². The Morgan fingerprint density at radius 2 is 1.62 bits per heavy atom. The summed E-state index contributed by atoms with van der Waals surface area (Å²) < 4.78 is 5.92. The number of nitrogens with zero attached hydrogens (tertiary/aromatic N) is 1. The van der Waals surface area contributed by atoms with Crippen LogP contribution in [0.3, 0.4) is 0 Å². The Bertz CT molecular complexity index is 1480. The van der Waals surface area contributed by atoms with E-state index in [9.17, 15) is 0 Å². The van der Waals surface area contributed by atoms with Gasteiger partial charge in [0.1, 0.15) is 0 Å². The summed E-state index contributed by atoms with van der Waals surface area (Å²) in [6.07, 6.45) is 2.91. The minimum atomic E-state index is 0.0239. The molecule has 172 valence electrons. The van der Waals surface area contributed by atoms with Gasteiger partial charge in [-0.1, -0.05) is 83.1 Å². The van der Waals surface area contributed by atoms with Crippen molar-refractivity contribution < 1.29 is 4.42 Å². The van der Waals surface area contributed by atoms with Gasteiger partial charge in [-0.15, -0.1) is 0 Å². The lowest BCUT2D eigenvalue weighted by Crippen LogP contribution is -2.12. The number of aromatic nitrogens is 1.